The van der Waals surface area contributed by atoms with Gasteiger partial charge in [0.05, 0.1) is 19.1 Å². The van der Waals surface area contributed by atoms with Crippen molar-refractivity contribution < 1.29 is 14.4 Å². The highest BCUT2D eigenvalue weighted by Crippen LogP contribution is 2.20. The molecule has 0 saturated heterocycles. The molecule has 1 unspecified atom stereocenters. The molecule has 166 valence electrons. The van der Waals surface area contributed by atoms with Crippen molar-refractivity contribution in [3.63, 3.8) is 0 Å². The number of Topliss-reactive ketones (excluding diaryl/α,β-unsaturated/α-hetero) is 3. The van der Waals surface area contributed by atoms with Crippen molar-refractivity contribution in [1.29, 1.82) is 0 Å². The molecule has 1 atom stereocenters. The minimum absolute atomic E-state index is 0. The van der Waals surface area contributed by atoms with Gasteiger partial charge in [0.15, 0.2) is 11.6 Å². The van der Waals surface area contributed by atoms with Crippen LogP contribution in [0.2, 0.25) is 0 Å². The maximum atomic E-state index is 12.9. The lowest BCUT2D eigenvalue weighted by Gasteiger charge is -2.33. The van der Waals surface area contributed by atoms with Gasteiger partial charge in [-0.1, -0.05) is 69.7 Å². The summed E-state index contributed by atoms with van der Waals surface area (Å²) >= 11 is 0. The molecule has 0 aromatic rings. The summed E-state index contributed by atoms with van der Waals surface area (Å²) in [4.78, 5) is 39.8. The van der Waals surface area contributed by atoms with Crippen LogP contribution in [-0.2, 0) is 14.4 Å². The largest absolute Gasteiger partial charge is 0.315 e. The van der Waals surface area contributed by atoms with E-state index in [1.165, 1.54) is 0 Å². The van der Waals surface area contributed by atoms with E-state index >= 15 is 0 Å². The lowest BCUT2D eigenvalue weighted by atomic mass is 9.89. The molecule has 0 radical (unpaired) electrons. The van der Waals surface area contributed by atoms with Crippen LogP contribution in [0, 0.1) is 17.3 Å². The standard InChI is InChI=1S/C22H42N2O3.CH4/c1-15(2)19(25)13-24(14-20(26)22(7,8)9)18(21(27)16(3)4)11-10-12-23-17(5)6;/h15-18,23H,10-14H2,1-9H3;1H4. The zero-order chi connectivity index (χ0) is 21.4. The summed E-state index contributed by atoms with van der Waals surface area (Å²) in [5.41, 5.74) is -0.496. The summed E-state index contributed by atoms with van der Waals surface area (Å²) in [7, 11) is 0. The molecule has 0 amide bonds. The van der Waals surface area contributed by atoms with E-state index in [1.54, 1.807) is 0 Å². The third-order valence-electron chi connectivity index (χ3n) is 4.73. The highest BCUT2D eigenvalue weighted by Gasteiger charge is 2.33. The minimum Gasteiger partial charge on any atom is -0.315 e. The van der Waals surface area contributed by atoms with Crippen LogP contribution in [0.5, 0.6) is 0 Å². The second kappa shape index (κ2) is 13.2. The van der Waals surface area contributed by atoms with Crippen molar-refractivity contribution in [2.75, 3.05) is 19.6 Å². The number of carbonyl (C=O) groups is 3. The topological polar surface area (TPSA) is 66.5 Å². The molecule has 28 heavy (non-hydrogen) atoms. The molecule has 0 aliphatic heterocycles. The number of ketones is 3. The first kappa shape index (κ1) is 29.1. The summed E-state index contributed by atoms with van der Waals surface area (Å²) in [5.74, 6) is -0.0126. The van der Waals surface area contributed by atoms with Gasteiger partial charge >= 0.3 is 0 Å². The zero-order valence-corrected chi connectivity index (χ0v) is 19.0. The molecule has 0 saturated carbocycles. The summed E-state index contributed by atoms with van der Waals surface area (Å²) in [6, 6.07) is -0.00157. The Morgan fingerprint density at radius 3 is 1.82 bits per heavy atom. The van der Waals surface area contributed by atoms with Gasteiger partial charge in [-0.15, -0.1) is 0 Å². The van der Waals surface area contributed by atoms with E-state index in [0.29, 0.717) is 12.5 Å². The minimum atomic E-state index is -0.496. The first-order valence-corrected chi connectivity index (χ1v) is 10.3. The molecule has 0 spiro atoms. The van der Waals surface area contributed by atoms with Crippen LogP contribution in [0.15, 0.2) is 0 Å². The van der Waals surface area contributed by atoms with Crippen LogP contribution in [0.3, 0.4) is 0 Å². The van der Waals surface area contributed by atoms with Crippen molar-refractivity contribution in [3.8, 4) is 0 Å². The Morgan fingerprint density at radius 1 is 0.893 bits per heavy atom. The van der Waals surface area contributed by atoms with E-state index in [0.717, 1.165) is 13.0 Å². The van der Waals surface area contributed by atoms with Crippen molar-refractivity contribution in [1.82, 2.24) is 10.2 Å². The van der Waals surface area contributed by atoms with E-state index in [4.69, 9.17) is 0 Å². The molecular formula is C23H46N2O3. The Bertz CT molecular complexity index is 491. The Morgan fingerprint density at radius 2 is 1.43 bits per heavy atom. The number of nitrogens with zero attached hydrogens (tertiary/aromatic N) is 1. The van der Waals surface area contributed by atoms with Gasteiger partial charge in [-0.3, -0.25) is 19.3 Å². The molecule has 5 heteroatoms. The van der Waals surface area contributed by atoms with Crippen LogP contribution in [0.25, 0.3) is 0 Å². The van der Waals surface area contributed by atoms with Crippen LogP contribution in [-0.4, -0.2) is 54.0 Å². The summed E-state index contributed by atoms with van der Waals surface area (Å²) in [5, 5.41) is 3.37. The van der Waals surface area contributed by atoms with E-state index < -0.39 is 11.5 Å². The van der Waals surface area contributed by atoms with E-state index in [2.05, 4.69) is 19.2 Å². The molecule has 0 heterocycles. The lowest BCUT2D eigenvalue weighted by molar-refractivity contribution is -0.134. The van der Waals surface area contributed by atoms with Gasteiger partial charge in [-0.25, -0.2) is 0 Å². The van der Waals surface area contributed by atoms with Crippen LogP contribution in [0.4, 0.5) is 0 Å². The Kier molecular flexibility index (Phi) is 13.7. The van der Waals surface area contributed by atoms with Gasteiger partial charge < -0.3 is 5.32 Å². The summed E-state index contributed by atoms with van der Waals surface area (Å²) in [6.07, 6.45) is 1.48. The fourth-order valence-electron chi connectivity index (χ4n) is 2.66. The van der Waals surface area contributed by atoms with Crippen molar-refractivity contribution in [3.05, 3.63) is 0 Å². The molecule has 0 aromatic carbocycles. The van der Waals surface area contributed by atoms with Crippen molar-refractivity contribution in [2.24, 2.45) is 17.3 Å². The highest BCUT2D eigenvalue weighted by molar-refractivity contribution is 5.90. The van der Waals surface area contributed by atoms with Crippen molar-refractivity contribution in [2.45, 2.75) is 94.7 Å². The number of hydrogen-bond acceptors (Lipinski definition) is 5. The quantitative estimate of drug-likeness (QED) is 0.472. The van der Waals surface area contributed by atoms with Gasteiger partial charge in [0.25, 0.3) is 0 Å². The van der Waals surface area contributed by atoms with Gasteiger partial charge in [0.1, 0.15) is 5.78 Å². The third-order valence-corrected chi connectivity index (χ3v) is 4.73. The summed E-state index contributed by atoms with van der Waals surface area (Å²) < 4.78 is 0. The number of hydrogen-bond donors (Lipinski definition) is 1. The van der Waals surface area contributed by atoms with Gasteiger partial charge in [0.2, 0.25) is 0 Å². The third kappa shape index (κ3) is 11.1. The maximum Gasteiger partial charge on any atom is 0.152 e. The molecular weight excluding hydrogens is 352 g/mol. The van der Waals surface area contributed by atoms with Crippen LogP contribution in [0.1, 0.15) is 82.6 Å². The van der Waals surface area contributed by atoms with Crippen LogP contribution < -0.4 is 5.32 Å². The Balaban J connectivity index is 0. The average molecular weight is 399 g/mol. The molecule has 0 fully saturated rings. The van der Waals surface area contributed by atoms with E-state index in [1.807, 2.05) is 53.4 Å². The monoisotopic (exact) mass is 398 g/mol. The maximum absolute atomic E-state index is 12.9. The zero-order valence-electron chi connectivity index (χ0n) is 19.0. The SMILES string of the molecule is C.CC(C)NCCCC(C(=O)C(C)C)N(CC(=O)C(C)C)CC(=O)C(C)(C)C. The molecule has 0 aliphatic carbocycles. The first-order valence-electron chi connectivity index (χ1n) is 10.3. The van der Waals surface area contributed by atoms with Crippen molar-refractivity contribution >= 4 is 17.3 Å². The summed E-state index contributed by atoms with van der Waals surface area (Å²) in [6.45, 7) is 18.4. The normalized spacial score (nSPS) is 13.2. The lowest BCUT2D eigenvalue weighted by Crippen LogP contribution is -2.50. The second-order valence-electron chi connectivity index (χ2n) is 9.52. The average Bonchev–Trinajstić information content (AvgIpc) is 2.52. The Labute approximate surface area is 174 Å². The van der Waals surface area contributed by atoms with Gasteiger partial charge in [-0.2, -0.15) is 0 Å². The molecule has 0 aromatic heterocycles. The fourth-order valence-corrected chi connectivity index (χ4v) is 2.66. The van der Waals surface area contributed by atoms with Crippen LogP contribution >= 0.6 is 0 Å². The Hall–Kier alpha value is -1.07. The number of nitrogens with one attached hydrogen (secondary N) is 1. The molecule has 0 aliphatic rings. The van der Waals surface area contributed by atoms with E-state index in [9.17, 15) is 14.4 Å². The predicted molar refractivity (Wildman–Crippen MR) is 119 cm³/mol. The molecule has 5 nitrogen and oxygen atoms in total. The second-order valence-corrected chi connectivity index (χ2v) is 9.52. The molecule has 0 rings (SSSR count). The molecule has 0 bridgehead atoms. The number of rotatable bonds is 13. The predicted octanol–water partition coefficient (Wildman–Crippen LogP) is 4.14. The van der Waals surface area contributed by atoms with Gasteiger partial charge in [-0.05, 0) is 19.4 Å². The first-order chi connectivity index (χ1) is 12.3. The number of carbonyl (C=O) groups excluding carboxylic acids is 3. The smallest absolute Gasteiger partial charge is 0.152 e. The molecule has 1 N–H and O–H groups in total. The van der Waals surface area contributed by atoms with Gasteiger partial charge in [0, 0.05) is 23.3 Å². The highest BCUT2D eigenvalue weighted by atomic mass is 16.1. The van der Waals surface area contributed by atoms with E-state index in [-0.39, 0.29) is 49.7 Å². The fraction of sp³-hybridized carbons (Fsp3) is 0.870.